The van der Waals surface area contributed by atoms with E-state index < -0.39 is 0 Å². The van der Waals surface area contributed by atoms with Crippen molar-refractivity contribution < 1.29 is 9.53 Å². The highest BCUT2D eigenvalue weighted by atomic mass is 32.2. The number of hydrogen-bond donors (Lipinski definition) is 2. The zero-order valence-electron chi connectivity index (χ0n) is 15.2. The number of para-hydroxylation sites is 1. The van der Waals surface area contributed by atoms with Crippen molar-refractivity contribution in [3.8, 4) is 0 Å². The van der Waals surface area contributed by atoms with Crippen molar-refractivity contribution >= 4 is 28.6 Å². The monoisotopic (exact) mass is 368 g/mol. The number of nitrogens with one attached hydrogen (secondary N) is 2. The zero-order chi connectivity index (χ0) is 18.4. The molecule has 0 aliphatic rings. The Bertz CT molecular complexity index is 871. The Labute approximate surface area is 158 Å². The van der Waals surface area contributed by atoms with Gasteiger partial charge in [-0.05, 0) is 38.5 Å². The van der Waals surface area contributed by atoms with Gasteiger partial charge in [0, 0.05) is 35.6 Å². The van der Waals surface area contributed by atoms with Crippen molar-refractivity contribution in [2.24, 2.45) is 0 Å². The highest BCUT2D eigenvalue weighted by Crippen LogP contribution is 2.36. The molecule has 1 amide bonds. The van der Waals surface area contributed by atoms with E-state index in [0.29, 0.717) is 25.5 Å². The van der Waals surface area contributed by atoms with Gasteiger partial charge < -0.3 is 15.0 Å². The lowest BCUT2D eigenvalue weighted by molar-refractivity contribution is 0.0937. The van der Waals surface area contributed by atoms with Crippen molar-refractivity contribution in [3.05, 3.63) is 59.8 Å². The lowest BCUT2D eigenvalue weighted by atomic mass is 10.2. The Balaban J connectivity index is 1.82. The van der Waals surface area contributed by atoms with Gasteiger partial charge in [0.25, 0.3) is 5.91 Å². The number of aromatic amines is 1. The third-order valence-electron chi connectivity index (χ3n) is 4.08. The van der Waals surface area contributed by atoms with Gasteiger partial charge in [0.2, 0.25) is 0 Å². The molecular weight excluding hydrogens is 344 g/mol. The van der Waals surface area contributed by atoms with Crippen LogP contribution in [0.5, 0.6) is 0 Å². The number of H-pyrrole nitrogens is 1. The lowest BCUT2D eigenvalue weighted by Gasteiger charge is -2.07. The van der Waals surface area contributed by atoms with Gasteiger partial charge in [0.1, 0.15) is 5.69 Å². The number of carbonyl (C=O) groups excluding carboxylic acids is 1. The van der Waals surface area contributed by atoms with Crippen LogP contribution in [0.25, 0.3) is 10.9 Å². The second-order valence-corrected chi connectivity index (χ2v) is 7.18. The average Bonchev–Trinajstić information content (AvgIpc) is 3.02. The molecule has 0 aliphatic carbocycles. The minimum atomic E-state index is -0.0766. The molecule has 0 spiro atoms. The summed E-state index contributed by atoms with van der Waals surface area (Å²) >= 11 is 1.62. The summed E-state index contributed by atoms with van der Waals surface area (Å²) in [5, 5.41) is 4.06. The number of fused-ring (bicyclic) bond motifs is 1. The minimum Gasteiger partial charge on any atom is -0.382 e. The molecule has 0 bridgehead atoms. The van der Waals surface area contributed by atoms with Crippen LogP contribution in [-0.2, 0) is 4.74 Å². The molecule has 2 aromatic carbocycles. The van der Waals surface area contributed by atoms with Crippen LogP contribution in [-0.4, -0.2) is 30.6 Å². The van der Waals surface area contributed by atoms with E-state index in [-0.39, 0.29) is 5.91 Å². The van der Waals surface area contributed by atoms with Crippen molar-refractivity contribution in [3.63, 3.8) is 0 Å². The first-order chi connectivity index (χ1) is 12.7. The van der Waals surface area contributed by atoms with E-state index in [1.165, 1.54) is 5.56 Å². The summed E-state index contributed by atoms with van der Waals surface area (Å²) in [6.45, 7) is 6.00. The average molecular weight is 369 g/mol. The fraction of sp³-hybridized carbons (Fsp3) is 0.286. The molecule has 0 aliphatic heterocycles. The maximum atomic E-state index is 12.7. The van der Waals surface area contributed by atoms with Gasteiger partial charge in [-0.3, -0.25) is 4.79 Å². The third-order valence-corrected chi connectivity index (χ3v) is 5.22. The Morgan fingerprint density at radius 1 is 1.15 bits per heavy atom. The maximum Gasteiger partial charge on any atom is 0.268 e. The Morgan fingerprint density at radius 3 is 2.69 bits per heavy atom. The molecule has 1 heterocycles. The molecule has 2 N–H and O–H groups in total. The minimum absolute atomic E-state index is 0.0766. The van der Waals surface area contributed by atoms with E-state index in [9.17, 15) is 4.79 Å². The molecule has 26 heavy (non-hydrogen) atoms. The second kappa shape index (κ2) is 8.92. The first kappa shape index (κ1) is 18.5. The summed E-state index contributed by atoms with van der Waals surface area (Å²) in [6.07, 6.45) is 0.806. The highest BCUT2D eigenvalue weighted by Gasteiger charge is 2.18. The van der Waals surface area contributed by atoms with Crippen LogP contribution in [0.2, 0.25) is 0 Å². The number of carbonyl (C=O) groups is 1. The summed E-state index contributed by atoms with van der Waals surface area (Å²) in [4.78, 5) is 18.1. The third kappa shape index (κ3) is 4.48. The van der Waals surface area contributed by atoms with Crippen LogP contribution >= 0.6 is 11.8 Å². The topological polar surface area (TPSA) is 54.1 Å². The van der Waals surface area contributed by atoms with Crippen LogP contribution in [0.4, 0.5) is 0 Å². The number of aromatic nitrogens is 1. The van der Waals surface area contributed by atoms with E-state index >= 15 is 0 Å². The molecule has 4 nitrogen and oxygen atoms in total. The summed E-state index contributed by atoms with van der Waals surface area (Å²) < 4.78 is 5.32. The summed E-state index contributed by atoms with van der Waals surface area (Å²) in [5.74, 6) is -0.0766. The van der Waals surface area contributed by atoms with Gasteiger partial charge in [-0.25, -0.2) is 0 Å². The van der Waals surface area contributed by atoms with E-state index in [0.717, 1.165) is 27.1 Å². The van der Waals surface area contributed by atoms with Crippen molar-refractivity contribution in [1.82, 2.24) is 10.3 Å². The molecule has 136 valence electrons. The summed E-state index contributed by atoms with van der Waals surface area (Å²) in [5.41, 5.74) is 2.82. The van der Waals surface area contributed by atoms with E-state index in [4.69, 9.17) is 4.74 Å². The van der Waals surface area contributed by atoms with Crippen LogP contribution < -0.4 is 5.32 Å². The SMILES string of the molecule is CCOCCCNC(=O)c1[nH]c2ccccc2c1Sc1ccc(C)cc1. The number of aryl methyl sites for hydroxylation is 1. The largest absolute Gasteiger partial charge is 0.382 e. The van der Waals surface area contributed by atoms with Crippen LogP contribution in [0.15, 0.2) is 58.3 Å². The Morgan fingerprint density at radius 2 is 1.92 bits per heavy atom. The predicted molar refractivity (Wildman–Crippen MR) is 107 cm³/mol. The van der Waals surface area contributed by atoms with Crippen molar-refractivity contribution in [2.45, 2.75) is 30.1 Å². The van der Waals surface area contributed by atoms with E-state index in [2.05, 4.69) is 41.5 Å². The molecule has 3 rings (SSSR count). The molecule has 0 fully saturated rings. The fourth-order valence-electron chi connectivity index (χ4n) is 2.72. The molecule has 0 radical (unpaired) electrons. The van der Waals surface area contributed by atoms with Gasteiger partial charge in [0.15, 0.2) is 0 Å². The molecule has 0 unspecified atom stereocenters. The van der Waals surface area contributed by atoms with Gasteiger partial charge in [0.05, 0.1) is 4.90 Å². The molecule has 3 aromatic rings. The smallest absolute Gasteiger partial charge is 0.268 e. The number of hydrogen-bond acceptors (Lipinski definition) is 3. The molecule has 0 saturated carbocycles. The van der Waals surface area contributed by atoms with Crippen molar-refractivity contribution in [1.29, 1.82) is 0 Å². The molecule has 0 atom stereocenters. The highest BCUT2D eigenvalue weighted by molar-refractivity contribution is 7.99. The molecule has 5 heteroatoms. The van der Waals surface area contributed by atoms with Gasteiger partial charge in [-0.1, -0.05) is 47.7 Å². The summed E-state index contributed by atoms with van der Waals surface area (Å²) in [7, 11) is 0. The van der Waals surface area contributed by atoms with E-state index in [1.54, 1.807) is 11.8 Å². The Hall–Kier alpha value is -2.24. The standard InChI is InChI=1S/C21H24N2O2S/c1-3-25-14-6-13-22-21(24)19-20(17-7-4-5-8-18(17)23-19)26-16-11-9-15(2)10-12-16/h4-5,7-12,23H,3,6,13-14H2,1-2H3,(H,22,24). The fourth-order valence-corrected chi connectivity index (χ4v) is 3.76. The van der Waals surface area contributed by atoms with Crippen molar-refractivity contribution in [2.75, 3.05) is 19.8 Å². The molecular formula is C21H24N2O2S. The Kier molecular flexibility index (Phi) is 6.36. The number of rotatable bonds is 8. The quantitative estimate of drug-likeness (QED) is 0.562. The molecule has 1 aromatic heterocycles. The zero-order valence-corrected chi connectivity index (χ0v) is 16.0. The van der Waals surface area contributed by atoms with Gasteiger partial charge >= 0.3 is 0 Å². The summed E-state index contributed by atoms with van der Waals surface area (Å²) in [6, 6.07) is 16.4. The van der Waals surface area contributed by atoms with Crippen LogP contribution in [0.1, 0.15) is 29.4 Å². The first-order valence-electron chi connectivity index (χ1n) is 8.90. The lowest BCUT2D eigenvalue weighted by Crippen LogP contribution is -2.26. The number of amides is 1. The van der Waals surface area contributed by atoms with Gasteiger partial charge in [-0.15, -0.1) is 0 Å². The first-order valence-corrected chi connectivity index (χ1v) is 9.72. The number of ether oxygens (including phenoxy) is 1. The van der Waals surface area contributed by atoms with Crippen LogP contribution in [0, 0.1) is 6.92 Å². The van der Waals surface area contributed by atoms with E-state index in [1.807, 2.05) is 31.2 Å². The normalized spacial score (nSPS) is 11.0. The van der Waals surface area contributed by atoms with Gasteiger partial charge in [-0.2, -0.15) is 0 Å². The second-order valence-electron chi connectivity index (χ2n) is 6.10. The molecule has 0 saturated heterocycles. The number of benzene rings is 2. The maximum absolute atomic E-state index is 12.7. The predicted octanol–water partition coefficient (Wildman–Crippen LogP) is 4.78. The van der Waals surface area contributed by atoms with Crippen LogP contribution in [0.3, 0.4) is 0 Å².